The number of hydrogen-bond acceptors (Lipinski definition) is 9. The second kappa shape index (κ2) is 11.1. The van der Waals surface area contributed by atoms with E-state index in [-0.39, 0.29) is 5.41 Å². The van der Waals surface area contributed by atoms with Gasteiger partial charge in [0, 0.05) is 36.2 Å². The van der Waals surface area contributed by atoms with Crippen molar-refractivity contribution in [2.75, 3.05) is 22.2 Å². The van der Waals surface area contributed by atoms with E-state index >= 15 is 0 Å². The number of halogens is 1. The van der Waals surface area contributed by atoms with Crippen molar-refractivity contribution < 1.29 is 1.37 Å². The zero-order valence-corrected chi connectivity index (χ0v) is 23.0. The third-order valence-electron chi connectivity index (χ3n) is 6.15. The van der Waals surface area contributed by atoms with Crippen molar-refractivity contribution in [2.45, 2.75) is 26.8 Å². The van der Waals surface area contributed by atoms with E-state index in [0.717, 1.165) is 5.69 Å². The number of fused-ring (bicyclic) bond motifs is 1. The van der Waals surface area contributed by atoms with E-state index in [9.17, 15) is 11.9 Å². The van der Waals surface area contributed by atoms with Crippen LogP contribution in [0.1, 0.15) is 44.9 Å². The predicted molar refractivity (Wildman–Crippen MR) is 158 cm³/mol. The second-order valence-electron chi connectivity index (χ2n) is 10.5. The van der Waals surface area contributed by atoms with Gasteiger partial charge in [-0.1, -0.05) is 44.5 Å². The molecule has 0 saturated heterocycles. The van der Waals surface area contributed by atoms with Gasteiger partial charge in [-0.25, -0.2) is 0 Å². The molecule has 9 nitrogen and oxygen atoms in total. The molecule has 2 aromatic heterocycles. The predicted octanol–water partition coefficient (Wildman–Crippen LogP) is 6.01. The highest BCUT2D eigenvalue weighted by atomic mass is 35.5. The van der Waals surface area contributed by atoms with Gasteiger partial charge < -0.3 is 16.1 Å². The fourth-order valence-corrected chi connectivity index (χ4v) is 4.49. The zero-order valence-electron chi connectivity index (χ0n) is 23.2. The van der Waals surface area contributed by atoms with Crippen molar-refractivity contribution in [1.29, 1.82) is 10.5 Å². The summed E-state index contributed by atoms with van der Waals surface area (Å²) in [5.74, 6) is 0. The molecule has 3 heterocycles. The molecule has 1 aliphatic rings. The normalized spacial score (nSPS) is 14.8. The Kier molecular flexibility index (Phi) is 7.07. The molecule has 0 fully saturated rings. The largest absolute Gasteiger partial charge is 0.383 e. The number of nitriles is 2. The lowest BCUT2D eigenvalue weighted by molar-refractivity contribution is 0.443. The quantitative estimate of drug-likeness (QED) is 0.219. The average molecular weight is 551 g/mol. The highest BCUT2D eigenvalue weighted by molar-refractivity contribution is 6.35. The molecule has 4 aromatic rings. The number of hydrazine groups is 2. The van der Waals surface area contributed by atoms with Crippen molar-refractivity contribution in [2.24, 2.45) is 5.41 Å². The molecular weight excluding hydrogens is 522 g/mol. The molecule has 200 valence electrons. The van der Waals surface area contributed by atoms with Crippen LogP contribution in [0.15, 0.2) is 79.0 Å². The van der Waals surface area contributed by atoms with Crippen molar-refractivity contribution in [3.05, 3.63) is 101 Å². The van der Waals surface area contributed by atoms with Gasteiger partial charge in [0.2, 0.25) is 0 Å². The Balaban J connectivity index is 1.63. The smallest absolute Gasteiger partial charge is 0.103 e. The Hall–Kier alpha value is -4.83. The molecule has 0 aliphatic carbocycles. The summed E-state index contributed by atoms with van der Waals surface area (Å²) in [5, 5.41) is 28.9. The Morgan fingerprint density at radius 2 is 1.98 bits per heavy atom. The van der Waals surface area contributed by atoms with Gasteiger partial charge in [-0.15, -0.1) is 5.53 Å². The molecule has 0 unspecified atom stereocenters. The zero-order chi connectivity index (χ0) is 29.2. The summed E-state index contributed by atoms with van der Waals surface area (Å²) >= 11 is 6.73. The second-order valence-corrected chi connectivity index (χ2v) is 10.9. The maximum Gasteiger partial charge on any atom is 0.103 e. The molecule has 1 atom stereocenters. The highest BCUT2D eigenvalue weighted by Gasteiger charge is 2.24. The number of nitrogens with one attached hydrogen (secondary N) is 4. The van der Waals surface area contributed by atoms with Crippen LogP contribution in [-0.2, 0) is 0 Å². The van der Waals surface area contributed by atoms with Crippen molar-refractivity contribution in [3.8, 4) is 12.1 Å². The summed E-state index contributed by atoms with van der Waals surface area (Å²) in [7, 11) is 0. The minimum absolute atomic E-state index is 0.0438. The first-order valence-electron chi connectivity index (χ1n) is 13.1. The monoisotopic (exact) mass is 550 g/mol. The number of hydrogen-bond donors (Lipinski definition) is 4. The first-order chi connectivity index (χ1) is 19.6. The SMILES string of the molecule is [2H][C@](Nc1cc(Cl)c2ncc(C#N)c(NCC(C)(C)C)c2c1)(C1=CN(c2cccnc2)NN1)c1cccc(C#N)c1. The molecule has 0 spiro atoms. The number of benzene rings is 2. The molecule has 0 radical (unpaired) electrons. The lowest BCUT2D eigenvalue weighted by Gasteiger charge is -2.23. The van der Waals surface area contributed by atoms with Crippen LogP contribution in [0.2, 0.25) is 5.02 Å². The molecule has 10 heteroatoms. The maximum atomic E-state index is 9.83. The van der Waals surface area contributed by atoms with E-state index in [2.05, 4.69) is 64.5 Å². The number of aromatic nitrogens is 2. The first kappa shape index (κ1) is 25.4. The van der Waals surface area contributed by atoms with Crippen LogP contribution in [-0.4, -0.2) is 16.5 Å². The van der Waals surface area contributed by atoms with Gasteiger partial charge in [0.15, 0.2) is 0 Å². The van der Waals surface area contributed by atoms with Crippen LogP contribution < -0.4 is 26.6 Å². The van der Waals surface area contributed by atoms with E-state index in [0.29, 0.717) is 56.2 Å². The van der Waals surface area contributed by atoms with E-state index in [1.807, 2.05) is 18.2 Å². The fourth-order valence-electron chi connectivity index (χ4n) is 4.22. The fraction of sp³-hybridized carbons (Fsp3) is 0.200. The van der Waals surface area contributed by atoms with Crippen LogP contribution in [0.25, 0.3) is 10.9 Å². The molecule has 2 aromatic carbocycles. The van der Waals surface area contributed by atoms with Crippen LogP contribution in [0, 0.1) is 28.1 Å². The summed E-state index contributed by atoms with van der Waals surface area (Å²) in [4.78, 5) is 8.61. The average Bonchev–Trinajstić information content (AvgIpc) is 3.47. The Labute approximate surface area is 239 Å². The van der Waals surface area contributed by atoms with E-state index < -0.39 is 6.02 Å². The third kappa shape index (κ3) is 5.76. The molecule has 5 rings (SSSR count). The van der Waals surface area contributed by atoms with E-state index in [1.165, 1.54) is 6.20 Å². The summed E-state index contributed by atoms with van der Waals surface area (Å²) < 4.78 is 9.73. The molecule has 40 heavy (non-hydrogen) atoms. The maximum absolute atomic E-state index is 9.83. The number of rotatable bonds is 7. The topological polar surface area (TPSA) is 125 Å². The van der Waals surface area contributed by atoms with Crippen LogP contribution >= 0.6 is 11.6 Å². The van der Waals surface area contributed by atoms with E-state index in [4.69, 9.17) is 11.6 Å². The lowest BCUT2D eigenvalue weighted by atomic mass is 9.96. The summed E-state index contributed by atoms with van der Waals surface area (Å²) in [5.41, 5.74) is 10.4. The molecular formula is C30H28ClN9. The van der Waals surface area contributed by atoms with Gasteiger partial charge in [0.05, 0.1) is 58.4 Å². The van der Waals surface area contributed by atoms with Gasteiger partial charge in [-0.05, 0) is 47.4 Å². The molecule has 1 aliphatic heterocycles. The summed E-state index contributed by atoms with van der Waals surface area (Å²) in [6.45, 7) is 6.92. The summed E-state index contributed by atoms with van der Waals surface area (Å²) in [6.07, 6.45) is 6.64. The standard InChI is InChI=1S/C30H28ClN9/c1-30(2,3)18-36-27-21(14-33)15-35-29-24(27)11-22(12-25(29)31)37-28(20-7-4-6-19(10-20)13-32)26-17-40(39-38-26)23-8-5-9-34-16-23/h4-12,15-17,28,37-39H,18H2,1-3H3,(H,35,36)/t28-/m1/s1/i28D. The molecule has 0 bridgehead atoms. The van der Waals surface area contributed by atoms with Gasteiger partial charge in [-0.2, -0.15) is 10.5 Å². The van der Waals surface area contributed by atoms with Crippen LogP contribution in [0.3, 0.4) is 0 Å². The molecule has 0 amide bonds. The third-order valence-corrected chi connectivity index (χ3v) is 6.44. The van der Waals surface area contributed by atoms with Gasteiger partial charge in [-0.3, -0.25) is 15.0 Å². The highest BCUT2D eigenvalue weighted by Crippen LogP contribution is 2.36. The minimum Gasteiger partial charge on any atom is -0.383 e. The number of pyridine rings is 2. The molecule has 4 N–H and O–H groups in total. The Morgan fingerprint density at radius 1 is 1.12 bits per heavy atom. The Morgan fingerprint density at radius 3 is 2.70 bits per heavy atom. The van der Waals surface area contributed by atoms with Gasteiger partial charge >= 0.3 is 0 Å². The molecule has 0 saturated carbocycles. The van der Waals surface area contributed by atoms with Gasteiger partial charge in [0.25, 0.3) is 0 Å². The van der Waals surface area contributed by atoms with Crippen LogP contribution in [0.4, 0.5) is 17.1 Å². The van der Waals surface area contributed by atoms with Crippen molar-refractivity contribution in [1.82, 2.24) is 20.9 Å². The van der Waals surface area contributed by atoms with Crippen LogP contribution in [0.5, 0.6) is 0 Å². The lowest BCUT2D eigenvalue weighted by Crippen LogP contribution is -2.37. The number of anilines is 3. The number of nitrogens with zero attached hydrogens (tertiary/aromatic N) is 5. The van der Waals surface area contributed by atoms with E-state index in [1.54, 1.807) is 53.9 Å². The summed E-state index contributed by atoms with van der Waals surface area (Å²) in [6, 6.07) is 16.9. The van der Waals surface area contributed by atoms with Crippen molar-refractivity contribution in [3.63, 3.8) is 0 Å². The first-order valence-corrected chi connectivity index (χ1v) is 13.0. The van der Waals surface area contributed by atoms with Crippen molar-refractivity contribution >= 4 is 39.6 Å². The van der Waals surface area contributed by atoms with Gasteiger partial charge in [0.1, 0.15) is 6.07 Å². The minimum atomic E-state index is -1.59. The Bertz CT molecular complexity index is 1720.